The highest BCUT2D eigenvalue weighted by Crippen LogP contribution is 2.32. The van der Waals surface area contributed by atoms with Crippen molar-refractivity contribution in [3.05, 3.63) is 17.0 Å². The largest absolute Gasteiger partial charge is 0.480 e. The van der Waals surface area contributed by atoms with Gasteiger partial charge in [-0.15, -0.1) is 11.3 Å². The topological polar surface area (TPSA) is 74.7 Å². The number of hydrogen-bond donors (Lipinski definition) is 1. The molecule has 1 N–H and O–H groups in total. The molecule has 0 amide bonds. The van der Waals surface area contributed by atoms with E-state index in [1.807, 2.05) is 13.8 Å². The molecule has 2 heterocycles. The van der Waals surface area contributed by atoms with Crippen LogP contribution in [0.3, 0.4) is 0 Å². The normalized spacial score (nSPS) is 24.7. The first-order valence-electron chi connectivity index (χ1n) is 6.67. The van der Waals surface area contributed by atoms with Crippen molar-refractivity contribution in [1.82, 2.24) is 4.31 Å². The average molecular weight is 317 g/mol. The van der Waals surface area contributed by atoms with E-state index >= 15 is 0 Å². The van der Waals surface area contributed by atoms with Crippen LogP contribution in [0.25, 0.3) is 0 Å². The minimum Gasteiger partial charge on any atom is -0.480 e. The Morgan fingerprint density at radius 2 is 2.20 bits per heavy atom. The number of carbonyl (C=O) groups is 1. The summed E-state index contributed by atoms with van der Waals surface area (Å²) in [6, 6.07) is 2.35. The standard InChI is InChI=1S/C13H19NO4S2/c1-3-10-6-7-14(11(8-10)13(15)16)20(17,18)12-5-4-9(2)19-12/h4-5,10-11H,3,6-8H2,1-2H3,(H,15,16). The zero-order chi connectivity index (χ0) is 14.9. The Balaban J connectivity index is 2.32. The predicted molar refractivity (Wildman–Crippen MR) is 77.4 cm³/mol. The summed E-state index contributed by atoms with van der Waals surface area (Å²) in [7, 11) is -3.70. The van der Waals surface area contributed by atoms with Crippen LogP contribution in [-0.2, 0) is 14.8 Å². The van der Waals surface area contributed by atoms with E-state index in [1.54, 1.807) is 12.1 Å². The minimum atomic E-state index is -3.70. The summed E-state index contributed by atoms with van der Waals surface area (Å²) in [5.41, 5.74) is 0. The van der Waals surface area contributed by atoms with Crippen molar-refractivity contribution in [2.24, 2.45) is 5.92 Å². The molecule has 0 radical (unpaired) electrons. The Morgan fingerprint density at radius 1 is 1.50 bits per heavy atom. The maximum absolute atomic E-state index is 12.6. The Kier molecular flexibility index (Phi) is 4.51. The van der Waals surface area contributed by atoms with Crippen molar-refractivity contribution in [1.29, 1.82) is 0 Å². The van der Waals surface area contributed by atoms with Crippen molar-refractivity contribution in [3.63, 3.8) is 0 Å². The molecule has 1 fully saturated rings. The first-order chi connectivity index (χ1) is 9.36. The summed E-state index contributed by atoms with van der Waals surface area (Å²) in [6.45, 7) is 4.13. The fraction of sp³-hybridized carbons (Fsp3) is 0.615. The summed E-state index contributed by atoms with van der Waals surface area (Å²) in [6.07, 6.45) is 2.01. The second-order valence-electron chi connectivity index (χ2n) is 5.13. The fourth-order valence-electron chi connectivity index (χ4n) is 2.57. The van der Waals surface area contributed by atoms with Gasteiger partial charge in [0.05, 0.1) is 0 Å². The molecule has 1 aromatic rings. The third-order valence-electron chi connectivity index (χ3n) is 3.80. The monoisotopic (exact) mass is 317 g/mol. The molecule has 0 saturated carbocycles. The van der Waals surface area contributed by atoms with Crippen molar-refractivity contribution >= 4 is 27.3 Å². The van der Waals surface area contributed by atoms with Crippen LogP contribution >= 0.6 is 11.3 Å². The average Bonchev–Trinajstić information content (AvgIpc) is 2.85. The van der Waals surface area contributed by atoms with Crippen molar-refractivity contribution in [2.45, 2.75) is 43.4 Å². The summed E-state index contributed by atoms with van der Waals surface area (Å²) in [5.74, 6) is -0.771. The molecule has 20 heavy (non-hydrogen) atoms. The summed E-state index contributed by atoms with van der Waals surface area (Å²) in [5, 5.41) is 9.33. The smallest absolute Gasteiger partial charge is 0.322 e. The minimum absolute atomic E-state index is 0.233. The van der Waals surface area contributed by atoms with Gasteiger partial charge in [0, 0.05) is 11.4 Å². The van der Waals surface area contributed by atoms with Gasteiger partial charge in [0.1, 0.15) is 10.3 Å². The van der Waals surface area contributed by atoms with E-state index in [1.165, 1.54) is 11.3 Å². The molecule has 0 aromatic carbocycles. The zero-order valence-electron chi connectivity index (χ0n) is 11.6. The lowest BCUT2D eigenvalue weighted by atomic mass is 9.90. The van der Waals surface area contributed by atoms with Crippen LogP contribution in [0.4, 0.5) is 0 Å². The van der Waals surface area contributed by atoms with Gasteiger partial charge in [-0.25, -0.2) is 8.42 Å². The van der Waals surface area contributed by atoms with Gasteiger partial charge in [-0.1, -0.05) is 13.3 Å². The number of hydrogen-bond acceptors (Lipinski definition) is 4. The van der Waals surface area contributed by atoms with Gasteiger partial charge in [-0.3, -0.25) is 4.79 Å². The number of nitrogens with zero attached hydrogens (tertiary/aromatic N) is 1. The lowest BCUT2D eigenvalue weighted by Crippen LogP contribution is -2.49. The molecule has 0 bridgehead atoms. The number of aliphatic carboxylic acids is 1. The van der Waals surface area contributed by atoms with Crippen LogP contribution in [0.2, 0.25) is 0 Å². The molecule has 2 atom stereocenters. The van der Waals surface area contributed by atoms with E-state index in [4.69, 9.17) is 0 Å². The lowest BCUT2D eigenvalue weighted by Gasteiger charge is -2.35. The van der Waals surface area contributed by atoms with E-state index in [0.717, 1.165) is 22.0 Å². The highest BCUT2D eigenvalue weighted by atomic mass is 32.2. The Labute approximate surface area is 123 Å². The van der Waals surface area contributed by atoms with Gasteiger partial charge in [0.15, 0.2) is 0 Å². The Morgan fingerprint density at radius 3 is 2.70 bits per heavy atom. The van der Waals surface area contributed by atoms with Crippen molar-refractivity contribution < 1.29 is 18.3 Å². The van der Waals surface area contributed by atoms with E-state index in [2.05, 4.69) is 0 Å². The van der Waals surface area contributed by atoms with E-state index < -0.39 is 22.0 Å². The molecule has 1 aliphatic rings. The van der Waals surface area contributed by atoms with Crippen LogP contribution in [-0.4, -0.2) is 36.4 Å². The number of carboxylic acids is 1. The maximum Gasteiger partial charge on any atom is 0.322 e. The molecule has 1 aromatic heterocycles. The second-order valence-corrected chi connectivity index (χ2v) is 8.54. The molecule has 1 aliphatic heterocycles. The molecule has 0 aliphatic carbocycles. The number of sulfonamides is 1. The third kappa shape index (κ3) is 2.89. The lowest BCUT2D eigenvalue weighted by molar-refractivity contribution is -0.143. The SMILES string of the molecule is CCC1CCN(S(=O)(=O)c2ccc(C)s2)C(C(=O)O)C1. The number of rotatable bonds is 4. The van der Waals surface area contributed by atoms with E-state index in [0.29, 0.717) is 6.42 Å². The second kappa shape index (κ2) is 5.83. The van der Waals surface area contributed by atoms with Crippen LogP contribution in [0.5, 0.6) is 0 Å². The molecule has 1 saturated heterocycles. The number of piperidine rings is 1. The predicted octanol–water partition coefficient (Wildman–Crippen LogP) is 2.32. The summed E-state index contributed by atoms with van der Waals surface area (Å²) >= 11 is 1.19. The van der Waals surface area contributed by atoms with Crippen LogP contribution in [0.15, 0.2) is 16.3 Å². The molecule has 2 rings (SSSR count). The molecular formula is C13H19NO4S2. The number of carboxylic acid groups (broad SMARTS) is 1. The summed E-state index contributed by atoms with van der Waals surface area (Å²) < 4.78 is 26.6. The molecular weight excluding hydrogens is 298 g/mol. The van der Waals surface area contributed by atoms with Crippen LogP contribution in [0.1, 0.15) is 31.1 Å². The van der Waals surface area contributed by atoms with Gasteiger partial charge in [0.2, 0.25) is 0 Å². The van der Waals surface area contributed by atoms with Gasteiger partial charge in [-0.05, 0) is 37.8 Å². The Hall–Kier alpha value is -0.920. The summed E-state index contributed by atoms with van der Waals surface area (Å²) in [4.78, 5) is 12.3. The van der Waals surface area contributed by atoms with Gasteiger partial charge in [0.25, 0.3) is 10.0 Å². The molecule has 0 spiro atoms. The quantitative estimate of drug-likeness (QED) is 0.925. The van der Waals surface area contributed by atoms with Gasteiger partial charge < -0.3 is 5.11 Å². The number of thiophene rings is 1. The molecule has 5 nitrogen and oxygen atoms in total. The highest BCUT2D eigenvalue weighted by Gasteiger charge is 2.40. The van der Waals surface area contributed by atoms with Crippen LogP contribution in [0, 0.1) is 12.8 Å². The van der Waals surface area contributed by atoms with Gasteiger partial charge >= 0.3 is 5.97 Å². The van der Waals surface area contributed by atoms with Crippen LogP contribution < -0.4 is 0 Å². The first-order valence-corrected chi connectivity index (χ1v) is 8.93. The maximum atomic E-state index is 12.6. The third-order valence-corrected chi connectivity index (χ3v) is 7.18. The highest BCUT2D eigenvalue weighted by molar-refractivity contribution is 7.91. The first kappa shape index (κ1) is 15.5. The van der Waals surface area contributed by atoms with Gasteiger partial charge in [-0.2, -0.15) is 4.31 Å². The molecule has 2 unspecified atom stereocenters. The number of aryl methyl sites for hydroxylation is 1. The van der Waals surface area contributed by atoms with Crippen molar-refractivity contribution in [3.8, 4) is 0 Å². The van der Waals surface area contributed by atoms with Crippen molar-refractivity contribution in [2.75, 3.05) is 6.54 Å². The Bertz CT molecular complexity index is 593. The molecule has 7 heteroatoms. The zero-order valence-corrected chi connectivity index (χ0v) is 13.2. The van der Waals surface area contributed by atoms with E-state index in [9.17, 15) is 18.3 Å². The fourth-order valence-corrected chi connectivity index (χ4v) is 5.59. The molecule has 112 valence electrons. The van der Waals surface area contributed by atoms with E-state index in [-0.39, 0.29) is 16.7 Å².